The summed E-state index contributed by atoms with van der Waals surface area (Å²) in [5, 5.41) is 44.8. The highest BCUT2D eigenvalue weighted by molar-refractivity contribution is 5.88. The number of rotatable bonds is 30. The van der Waals surface area contributed by atoms with Gasteiger partial charge in [-0.25, -0.2) is 9.59 Å². The van der Waals surface area contributed by atoms with E-state index in [-0.39, 0.29) is 50.2 Å². The van der Waals surface area contributed by atoms with Gasteiger partial charge in [-0.15, -0.1) is 0 Å². The first-order valence-electron chi connectivity index (χ1n) is 17.2. The summed E-state index contributed by atoms with van der Waals surface area (Å²) in [6.45, 7) is 5.31. The second-order valence-electron chi connectivity index (χ2n) is 12.6. The fourth-order valence-electron chi connectivity index (χ4n) is 5.30. The van der Waals surface area contributed by atoms with Crippen LogP contribution in [0.2, 0.25) is 0 Å². The van der Waals surface area contributed by atoms with E-state index in [9.17, 15) is 68.4 Å². The highest BCUT2D eigenvalue weighted by Gasteiger charge is 2.27. The zero-order valence-electron chi connectivity index (χ0n) is 29.6. The van der Waals surface area contributed by atoms with Crippen LogP contribution in [0.15, 0.2) is 0 Å². The molecule has 0 bridgehead atoms. The fourth-order valence-corrected chi connectivity index (χ4v) is 5.30. The minimum atomic E-state index is -1.53. The molecule has 0 spiro atoms. The Morgan fingerprint density at radius 1 is 0.529 bits per heavy atom. The number of carbonyl (C=O) groups excluding carboxylic acids is 6. The Hall–Kier alpha value is -4.70. The lowest BCUT2D eigenvalue weighted by atomic mass is 9.93. The molecule has 0 saturated heterocycles. The summed E-state index contributed by atoms with van der Waals surface area (Å²) in [5.74, 6) is -10.9. The Bertz CT molecular complexity index is 1250. The molecule has 0 fully saturated rings. The van der Waals surface area contributed by atoms with Gasteiger partial charge in [-0.05, 0) is 51.9 Å². The summed E-state index contributed by atoms with van der Waals surface area (Å²) in [6.07, 6.45) is -0.170. The Balaban J connectivity index is 4.79. The maximum Gasteiger partial charge on any atom is 0.326 e. The van der Waals surface area contributed by atoms with Gasteiger partial charge in [0.05, 0.1) is 11.8 Å². The molecule has 7 N–H and O–H groups in total. The van der Waals surface area contributed by atoms with Crippen LogP contribution in [0.3, 0.4) is 0 Å². The average molecular weight is 728 g/mol. The van der Waals surface area contributed by atoms with Crippen LogP contribution in [-0.2, 0) is 47.9 Å². The standard InChI is InChI=1S/C34H53N3O14/c1-4-21(27(40)5-2)8-6-7-17-35-28(41)16-13-26(34(50)51)37-30(43)15-10-23(32(46)47)19-24(39)11-12-25(33(48)49)36-29(42)14-9-22(31(44)45)18-20(3)38/h21-23,25-26H,4-19H2,1-3H3,(H,35,41)(H,36,42)(H,37,43)(H,44,45)(H,46,47)(H,48,49)(H,50,51)/t21-,22+,23+,25-,26-/m0/s1. The quantitative estimate of drug-likeness (QED) is 0.0520. The van der Waals surface area contributed by atoms with E-state index >= 15 is 0 Å². The van der Waals surface area contributed by atoms with Gasteiger partial charge in [-0.3, -0.25) is 33.6 Å². The largest absolute Gasteiger partial charge is 0.481 e. The van der Waals surface area contributed by atoms with E-state index in [0.29, 0.717) is 19.4 Å². The third-order valence-corrected chi connectivity index (χ3v) is 8.38. The van der Waals surface area contributed by atoms with Crippen LogP contribution < -0.4 is 16.0 Å². The highest BCUT2D eigenvalue weighted by atomic mass is 16.4. The molecular formula is C34H53N3O14. The van der Waals surface area contributed by atoms with Crippen molar-refractivity contribution in [1.29, 1.82) is 0 Å². The van der Waals surface area contributed by atoms with Crippen LogP contribution >= 0.6 is 0 Å². The minimum absolute atomic E-state index is 0.00461. The smallest absolute Gasteiger partial charge is 0.326 e. The van der Waals surface area contributed by atoms with Gasteiger partial charge in [-0.1, -0.05) is 20.3 Å². The number of hydrogen-bond acceptors (Lipinski definition) is 10. The summed E-state index contributed by atoms with van der Waals surface area (Å²) in [4.78, 5) is 119. The first-order valence-corrected chi connectivity index (χ1v) is 17.2. The van der Waals surface area contributed by atoms with Gasteiger partial charge in [0, 0.05) is 57.4 Å². The number of hydrogen-bond donors (Lipinski definition) is 7. The predicted molar refractivity (Wildman–Crippen MR) is 179 cm³/mol. The highest BCUT2D eigenvalue weighted by Crippen LogP contribution is 2.17. The maximum absolute atomic E-state index is 12.5. The molecule has 0 aromatic heterocycles. The first-order chi connectivity index (χ1) is 23.9. The van der Waals surface area contributed by atoms with Crippen molar-refractivity contribution in [2.45, 2.75) is 129 Å². The lowest BCUT2D eigenvalue weighted by Gasteiger charge is -2.17. The number of carboxylic acids is 4. The number of carbonyl (C=O) groups is 10. The molecule has 0 aliphatic carbocycles. The molecule has 0 rings (SSSR count). The zero-order chi connectivity index (χ0) is 39.1. The molecular weight excluding hydrogens is 674 g/mol. The van der Waals surface area contributed by atoms with Crippen LogP contribution in [0.5, 0.6) is 0 Å². The van der Waals surface area contributed by atoms with E-state index in [4.69, 9.17) is 0 Å². The Morgan fingerprint density at radius 2 is 1.00 bits per heavy atom. The second-order valence-corrected chi connectivity index (χ2v) is 12.6. The van der Waals surface area contributed by atoms with Gasteiger partial charge in [-0.2, -0.15) is 0 Å². The van der Waals surface area contributed by atoms with E-state index in [1.165, 1.54) is 6.92 Å². The molecule has 0 aromatic rings. The molecule has 3 amide bonds. The molecule has 0 heterocycles. The van der Waals surface area contributed by atoms with Gasteiger partial charge in [0.15, 0.2) is 0 Å². The van der Waals surface area contributed by atoms with Gasteiger partial charge in [0.25, 0.3) is 0 Å². The molecule has 0 radical (unpaired) electrons. The summed E-state index contributed by atoms with van der Waals surface area (Å²) in [6, 6.07) is -2.96. The molecule has 5 atom stereocenters. The van der Waals surface area contributed by atoms with Gasteiger partial charge < -0.3 is 41.2 Å². The molecule has 0 saturated carbocycles. The summed E-state index contributed by atoms with van der Waals surface area (Å²) < 4.78 is 0. The van der Waals surface area contributed by atoms with E-state index in [2.05, 4.69) is 16.0 Å². The van der Waals surface area contributed by atoms with E-state index in [1.54, 1.807) is 0 Å². The second kappa shape index (κ2) is 25.3. The summed E-state index contributed by atoms with van der Waals surface area (Å²) >= 11 is 0. The Labute approximate surface area is 296 Å². The van der Waals surface area contributed by atoms with Crippen molar-refractivity contribution in [3.8, 4) is 0 Å². The lowest BCUT2D eigenvalue weighted by molar-refractivity contribution is -0.145. The van der Waals surface area contributed by atoms with Crippen molar-refractivity contribution in [2.75, 3.05) is 6.54 Å². The first kappa shape index (κ1) is 46.3. The van der Waals surface area contributed by atoms with E-state index < -0.39 is 103 Å². The third kappa shape index (κ3) is 21.2. The topological polar surface area (TPSA) is 288 Å². The SMILES string of the molecule is CCC(=O)[C@@H](CC)CCCCNC(=O)CC[C@H](NC(=O)CC[C@H](CC(=O)CC[C@H](NC(=O)CC[C@H](CC(C)=O)C(=O)O)C(=O)O)C(=O)O)C(=O)O. The number of amides is 3. The van der Waals surface area contributed by atoms with Gasteiger partial charge >= 0.3 is 23.9 Å². The number of carboxylic acid groups (broad SMARTS) is 4. The molecule has 17 heteroatoms. The molecule has 0 aromatic carbocycles. The molecule has 288 valence electrons. The predicted octanol–water partition coefficient (Wildman–Crippen LogP) is 1.88. The van der Waals surface area contributed by atoms with Crippen LogP contribution in [0.4, 0.5) is 0 Å². The van der Waals surface area contributed by atoms with E-state index in [1.807, 2.05) is 13.8 Å². The molecule has 51 heavy (non-hydrogen) atoms. The number of nitrogens with one attached hydrogen (secondary N) is 3. The van der Waals surface area contributed by atoms with Crippen LogP contribution in [-0.4, -0.2) is 98.0 Å². The minimum Gasteiger partial charge on any atom is -0.481 e. The Kier molecular flexibility index (Phi) is 23.0. The number of unbranched alkanes of at least 4 members (excludes halogenated alkanes) is 1. The number of aliphatic carboxylic acids is 4. The van der Waals surface area contributed by atoms with Crippen molar-refractivity contribution in [2.24, 2.45) is 17.8 Å². The molecule has 0 unspecified atom stereocenters. The van der Waals surface area contributed by atoms with Crippen LogP contribution in [0.1, 0.15) is 117 Å². The van der Waals surface area contributed by atoms with Gasteiger partial charge in [0.2, 0.25) is 17.7 Å². The fraction of sp³-hybridized carbons (Fsp3) is 0.706. The third-order valence-electron chi connectivity index (χ3n) is 8.38. The average Bonchev–Trinajstić information content (AvgIpc) is 3.05. The molecule has 17 nitrogen and oxygen atoms in total. The number of Topliss-reactive ketones (excluding diaryl/α,β-unsaturated/α-hetero) is 3. The summed E-state index contributed by atoms with van der Waals surface area (Å²) in [7, 11) is 0. The maximum atomic E-state index is 12.5. The van der Waals surface area contributed by atoms with Crippen LogP contribution in [0.25, 0.3) is 0 Å². The molecule has 0 aliphatic rings. The van der Waals surface area contributed by atoms with Crippen molar-refractivity contribution >= 4 is 58.9 Å². The van der Waals surface area contributed by atoms with Gasteiger partial charge in [0.1, 0.15) is 29.4 Å². The van der Waals surface area contributed by atoms with E-state index in [0.717, 1.165) is 19.3 Å². The van der Waals surface area contributed by atoms with Crippen LogP contribution in [0, 0.1) is 17.8 Å². The normalized spacial score (nSPS) is 13.8. The van der Waals surface area contributed by atoms with Crippen molar-refractivity contribution in [1.82, 2.24) is 16.0 Å². The van der Waals surface area contributed by atoms with Crippen molar-refractivity contribution in [3.63, 3.8) is 0 Å². The monoisotopic (exact) mass is 727 g/mol. The number of ketones is 3. The van der Waals surface area contributed by atoms with Crippen molar-refractivity contribution < 1.29 is 68.4 Å². The molecule has 0 aliphatic heterocycles. The summed E-state index contributed by atoms with van der Waals surface area (Å²) in [5.41, 5.74) is 0. The lowest BCUT2D eigenvalue weighted by Crippen LogP contribution is -2.42. The zero-order valence-corrected chi connectivity index (χ0v) is 29.6. The Morgan fingerprint density at radius 3 is 1.43 bits per heavy atom. The van der Waals surface area contributed by atoms with Crippen molar-refractivity contribution in [3.05, 3.63) is 0 Å².